The number of hydrogen-bond donors (Lipinski definition) is 1. The highest BCUT2D eigenvalue weighted by molar-refractivity contribution is 5.42. The first-order chi connectivity index (χ1) is 8.20. The molecule has 0 aromatic carbocycles. The summed E-state index contributed by atoms with van der Waals surface area (Å²) in [7, 11) is 0. The minimum Gasteiger partial charge on any atom is -0.475 e. The standard InChI is InChI=1S/C12H20N4O/c1-4-16(10-6-13-7-10)11-5-12(15-8-14-11)17-9(2)3/h5,8-10,13H,4,6-7H2,1-3H3. The monoisotopic (exact) mass is 236 g/mol. The van der Waals surface area contributed by atoms with Crippen molar-refractivity contribution in [2.24, 2.45) is 0 Å². The van der Waals surface area contributed by atoms with Crippen LogP contribution >= 0.6 is 0 Å². The molecule has 1 aromatic heterocycles. The summed E-state index contributed by atoms with van der Waals surface area (Å²) in [5.74, 6) is 1.60. The van der Waals surface area contributed by atoms with E-state index < -0.39 is 0 Å². The van der Waals surface area contributed by atoms with E-state index in [1.165, 1.54) is 0 Å². The molecule has 1 fully saturated rings. The summed E-state index contributed by atoms with van der Waals surface area (Å²) in [4.78, 5) is 10.7. The Labute approximate surface area is 102 Å². The minimum atomic E-state index is 0.137. The Hall–Kier alpha value is -1.36. The molecule has 1 aliphatic heterocycles. The van der Waals surface area contributed by atoms with Gasteiger partial charge in [0.05, 0.1) is 12.1 Å². The predicted octanol–water partition coefficient (Wildman–Crippen LogP) is 1.06. The zero-order valence-corrected chi connectivity index (χ0v) is 10.7. The van der Waals surface area contributed by atoms with Crippen LogP contribution < -0.4 is 15.0 Å². The van der Waals surface area contributed by atoms with Gasteiger partial charge in [-0.1, -0.05) is 0 Å². The molecule has 5 heteroatoms. The molecule has 94 valence electrons. The number of ether oxygens (including phenoxy) is 1. The largest absolute Gasteiger partial charge is 0.475 e. The van der Waals surface area contributed by atoms with Crippen LogP contribution in [-0.4, -0.2) is 41.7 Å². The molecular weight excluding hydrogens is 216 g/mol. The van der Waals surface area contributed by atoms with Crippen molar-refractivity contribution in [2.45, 2.75) is 32.9 Å². The first kappa shape index (κ1) is 12.1. The maximum absolute atomic E-state index is 5.59. The van der Waals surface area contributed by atoms with Gasteiger partial charge in [-0.2, -0.15) is 0 Å². The highest BCUT2D eigenvalue weighted by Gasteiger charge is 2.24. The Morgan fingerprint density at radius 2 is 2.24 bits per heavy atom. The third-order valence-corrected chi connectivity index (χ3v) is 2.82. The number of likely N-dealkylation sites (N-methyl/N-ethyl adjacent to an activating group) is 1. The van der Waals surface area contributed by atoms with Crippen LogP contribution in [0.15, 0.2) is 12.4 Å². The molecule has 0 atom stereocenters. The molecule has 5 nitrogen and oxygen atoms in total. The Morgan fingerprint density at radius 3 is 2.76 bits per heavy atom. The summed E-state index contributed by atoms with van der Waals surface area (Å²) in [6, 6.07) is 2.46. The van der Waals surface area contributed by atoms with Crippen LogP contribution in [0.3, 0.4) is 0 Å². The topological polar surface area (TPSA) is 50.3 Å². The Kier molecular flexibility index (Phi) is 3.78. The van der Waals surface area contributed by atoms with Crippen LogP contribution in [0.2, 0.25) is 0 Å². The van der Waals surface area contributed by atoms with Crippen molar-refractivity contribution >= 4 is 5.82 Å². The SMILES string of the molecule is CCN(c1cc(OC(C)C)ncn1)C1CNC1. The molecule has 1 aliphatic rings. The zero-order valence-electron chi connectivity index (χ0n) is 10.7. The van der Waals surface area contributed by atoms with Crippen molar-refractivity contribution in [3.05, 3.63) is 12.4 Å². The molecule has 2 heterocycles. The molecule has 2 rings (SSSR count). The van der Waals surface area contributed by atoms with Crippen molar-refractivity contribution < 1.29 is 4.74 Å². The number of hydrogen-bond acceptors (Lipinski definition) is 5. The maximum Gasteiger partial charge on any atom is 0.218 e. The first-order valence-corrected chi connectivity index (χ1v) is 6.16. The normalized spacial score (nSPS) is 15.8. The van der Waals surface area contributed by atoms with E-state index in [1.807, 2.05) is 19.9 Å². The number of aromatic nitrogens is 2. The Balaban J connectivity index is 2.12. The van der Waals surface area contributed by atoms with Gasteiger partial charge in [-0.3, -0.25) is 0 Å². The van der Waals surface area contributed by atoms with Gasteiger partial charge in [0.1, 0.15) is 12.1 Å². The summed E-state index contributed by atoms with van der Waals surface area (Å²) in [5.41, 5.74) is 0. The summed E-state index contributed by atoms with van der Waals surface area (Å²) in [6.07, 6.45) is 1.71. The molecule has 17 heavy (non-hydrogen) atoms. The van der Waals surface area contributed by atoms with E-state index >= 15 is 0 Å². The van der Waals surface area contributed by atoms with Gasteiger partial charge in [0.2, 0.25) is 5.88 Å². The van der Waals surface area contributed by atoms with Gasteiger partial charge in [0.25, 0.3) is 0 Å². The van der Waals surface area contributed by atoms with Crippen LogP contribution in [0.1, 0.15) is 20.8 Å². The van der Waals surface area contributed by atoms with Gasteiger partial charge in [0, 0.05) is 25.7 Å². The van der Waals surface area contributed by atoms with Gasteiger partial charge in [0.15, 0.2) is 0 Å². The molecule has 1 saturated heterocycles. The second kappa shape index (κ2) is 5.31. The molecular formula is C12H20N4O. The summed E-state index contributed by atoms with van der Waals surface area (Å²) in [5, 5.41) is 3.28. The molecule has 1 N–H and O–H groups in total. The maximum atomic E-state index is 5.59. The molecule has 0 saturated carbocycles. The lowest BCUT2D eigenvalue weighted by Crippen LogP contribution is -2.57. The lowest BCUT2D eigenvalue weighted by Gasteiger charge is -2.38. The Bertz CT molecular complexity index is 365. The molecule has 0 spiro atoms. The quantitative estimate of drug-likeness (QED) is 0.828. The third-order valence-electron chi connectivity index (χ3n) is 2.82. The minimum absolute atomic E-state index is 0.137. The fourth-order valence-corrected chi connectivity index (χ4v) is 1.89. The van der Waals surface area contributed by atoms with Crippen LogP contribution in [-0.2, 0) is 0 Å². The summed E-state index contributed by atoms with van der Waals surface area (Å²) in [6.45, 7) is 9.13. The number of nitrogens with one attached hydrogen (secondary N) is 1. The molecule has 0 unspecified atom stereocenters. The van der Waals surface area contributed by atoms with Gasteiger partial charge in [-0.25, -0.2) is 9.97 Å². The van der Waals surface area contributed by atoms with Crippen molar-refractivity contribution in [3.8, 4) is 5.88 Å². The predicted molar refractivity (Wildman–Crippen MR) is 67.5 cm³/mol. The fourth-order valence-electron chi connectivity index (χ4n) is 1.89. The van der Waals surface area contributed by atoms with E-state index in [0.29, 0.717) is 11.9 Å². The number of nitrogens with zero attached hydrogens (tertiary/aromatic N) is 3. The van der Waals surface area contributed by atoms with Gasteiger partial charge in [-0.05, 0) is 20.8 Å². The van der Waals surface area contributed by atoms with Crippen molar-refractivity contribution in [2.75, 3.05) is 24.5 Å². The molecule has 0 aliphatic carbocycles. The van der Waals surface area contributed by atoms with E-state index in [4.69, 9.17) is 4.74 Å². The first-order valence-electron chi connectivity index (χ1n) is 6.16. The van der Waals surface area contributed by atoms with E-state index in [0.717, 1.165) is 25.5 Å². The smallest absolute Gasteiger partial charge is 0.218 e. The van der Waals surface area contributed by atoms with E-state index in [-0.39, 0.29) is 6.10 Å². The van der Waals surface area contributed by atoms with Gasteiger partial charge in [-0.15, -0.1) is 0 Å². The lowest BCUT2D eigenvalue weighted by molar-refractivity contribution is 0.232. The average molecular weight is 236 g/mol. The van der Waals surface area contributed by atoms with E-state index in [1.54, 1.807) is 6.33 Å². The Morgan fingerprint density at radius 1 is 1.47 bits per heavy atom. The zero-order chi connectivity index (χ0) is 12.3. The van der Waals surface area contributed by atoms with E-state index in [2.05, 4.69) is 27.1 Å². The average Bonchev–Trinajstić information content (AvgIpc) is 2.22. The second-order valence-electron chi connectivity index (χ2n) is 4.48. The van der Waals surface area contributed by atoms with Crippen molar-refractivity contribution in [1.29, 1.82) is 0 Å². The van der Waals surface area contributed by atoms with Crippen LogP contribution in [0.5, 0.6) is 5.88 Å². The van der Waals surface area contributed by atoms with Crippen molar-refractivity contribution in [3.63, 3.8) is 0 Å². The highest BCUT2D eigenvalue weighted by atomic mass is 16.5. The third kappa shape index (κ3) is 2.85. The van der Waals surface area contributed by atoms with Crippen LogP contribution in [0, 0.1) is 0 Å². The van der Waals surface area contributed by atoms with Crippen molar-refractivity contribution in [1.82, 2.24) is 15.3 Å². The fraction of sp³-hybridized carbons (Fsp3) is 0.667. The number of rotatable bonds is 5. The highest BCUT2D eigenvalue weighted by Crippen LogP contribution is 2.20. The van der Waals surface area contributed by atoms with Crippen LogP contribution in [0.25, 0.3) is 0 Å². The second-order valence-corrected chi connectivity index (χ2v) is 4.48. The number of anilines is 1. The summed E-state index contributed by atoms with van der Waals surface area (Å²) >= 11 is 0. The summed E-state index contributed by atoms with van der Waals surface area (Å²) < 4.78 is 5.59. The van der Waals surface area contributed by atoms with Crippen LogP contribution in [0.4, 0.5) is 5.82 Å². The van der Waals surface area contributed by atoms with Gasteiger partial charge >= 0.3 is 0 Å². The lowest BCUT2D eigenvalue weighted by atomic mass is 10.1. The van der Waals surface area contributed by atoms with E-state index in [9.17, 15) is 0 Å². The molecule has 0 bridgehead atoms. The van der Waals surface area contributed by atoms with Gasteiger partial charge < -0.3 is 15.0 Å². The molecule has 0 radical (unpaired) electrons. The molecule has 0 amide bonds. The molecule has 1 aromatic rings.